The summed E-state index contributed by atoms with van der Waals surface area (Å²) in [4.78, 5) is -0.461. The highest BCUT2D eigenvalue weighted by Gasteiger charge is 2.23. The summed E-state index contributed by atoms with van der Waals surface area (Å²) in [5, 5.41) is 0. The fourth-order valence-electron chi connectivity index (χ4n) is 1.89. The molecule has 6 heteroatoms. The van der Waals surface area contributed by atoms with Crippen molar-refractivity contribution in [2.75, 3.05) is 5.73 Å². The summed E-state index contributed by atoms with van der Waals surface area (Å²) >= 11 is 0. The highest BCUT2D eigenvalue weighted by molar-refractivity contribution is 7.89. The third-order valence-electron chi connectivity index (χ3n) is 2.86. The van der Waals surface area contributed by atoms with Gasteiger partial charge in [0.2, 0.25) is 10.0 Å². The number of benzene rings is 1. The number of hydrogen-bond acceptors (Lipinski definition) is 3. The Bertz CT molecular complexity index is 497. The predicted molar refractivity (Wildman–Crippen MR) is 74.7 cm³/mol. The van der Waals surface area contributed by atoms with Gasteiger partial charge in [0.15, 0.2) is 0 Å². The second-order valence-electron chi connectivity index (χ2n) is 4.68. The van der Waals surface area contributed by atoms with Crippen LogP contribution in [0.1, 0.15) is 39.5 Å². The number of nitrogens with one attached hydrogen (secondary N) is 1. The van der Waals surface area contributed by atoms with E-state index in [0.717, 1.165) is 31.7 Å². The van der Waals surface area contributed by atoms with Crippen LogP contribution in [-0.2, 0) is 10.0 Å². The molecule has 1 aromatic carbocycles. The van der Waals surface area contributed by atoms with Gasteiger partial charge in [-0.2, -0.15) is 0 Å². The summed E-state index contributed by atoms with van der Waals surface area (Å²) < 4.78 is 40.2. The molecular formula is C13H21FN2O2S. The minimum atomic E-state index is -3.91. The van der Waals surface area contributed by atoms with E-state index in [1.807, 2.05) is 0 Å². The number of rotatable bonds is 7. The standard InChI is InChI=1S/C13H21FN2O2S/c1-3-4-5-7-10(2)16-19(17,18)13-11(14)8-6-9-12(13)15/h6,8-10,16H,3-5,7,15H2,1-2H3. The lowest BCUT2D eigenvalue weighted by molar-refractivity contribution is 0.519. The zero-order chi connectivity index (χ0) is 14.5. The first-order valence-electron chi connectivity index (χ1n) is 6.44. The molecule has 0 saturated carbocycles. The lowest BCUT2D eigenvalue weighted by atomic mass is 10.1. The second-order valence-corrected chi connectivity index (χ2v) is 6.33. The predicted octanol–water partition coefficient (Wildman–Crippen LogP) is 2.66. The van der Waals surface area contributed by atoms with Gasteiger partial charge in [0.05, 0.1) is 5.69 Å². The van der Waals surface area contributed by atoms with Crippen molar-refractivity contribution in [2.45, 2.75) is 50.5 Å². The SMILES string of the molecule is CCCCCC(C)NS(=O)(=O)c1c(N)cccc1F. The van der Waals surface area contributed by atoms with Gasteiger partial charge in [-0.05, 0) is 25.5 Å². The Kier molecular flexibility index (Phi) is 5.75. The first-order chi connectivity index (χ1) is 8.88. The average molecular weight is 288 g/mol. The van der Waals surface area contributed by atoms with Gasteiger partial charge >= 0.3 is 0 Å². The van der Waals surface area contributed by atoms with E-state index in [4.69, 9.17) is 5.73 Å². The third kappa shape index (κ3) is 4.47. The maximum atomic E-state index is 13.6. The van der Waals surface area contributed by atoms with E-state index in [-0.39, 0.29) is 11.7 Å². The largest absolute Gasteiger partial charge is 0.398 e. The van der Waals surface area contributed by atoms with Crippen molar-refractivity contribution in [1.82, 2.24) is 4.72 Å². The molecule has 108 valence electrons. The number of halogens is 1. The van der Waals surface area contributed by atoms with Crippen LogP contribution >= 0.6 is 0 Å². The maximum absolute atomic E-state index is 13.6. The van der Waals surface area contributed by atoms with E-state index in [2.05, 4.69) is 11.6 Å². The number of sulfonamides is 1. The molecule has 1 unspecified atom stereocenters. The van der Waals surface area contributed by atoms with Gasteiger partial charge in [0.25, 0.3) is 0 Å². The Morgan fingerprint density at radius 1 is 1.37 bits per heavy atom. The van der Waals surface area contributed by atoms with Crippen LogP contribution in [0.3, 0.4) is 0 Å². The van der Waals surface area contributed by atoms with Crippen molar-refractivity contribution in [1.29, 1.82) is 0 Å². The molecule has 4 nitrogen and oxygen atoms in total. The van der Waals surface area contributed by atoms with Crippen molar-refractivity contribution >= 4 is 15.7 Å². The number of hydrogen-bond donors (Lipinski definition) is 2. The first-order valence-corrected chi connectivity index (χ1v) is 7.93. The highest BCUT2D eigenvalue weighted by Crippen LogP contribution is 2.22. The fourth-order valence-corrected chi connectivity index (χ4v) is 3.36. The van der Waals surface area contributed by atoms with E-state index in [9.17, 15) is 12.8 Å². The average Bonchev–Trinajstić information content (AvgIpc) is 2.27. The molecule has 0 spiro atoms. The summed E-state index contributed by atoms with van der Waals surface area (Å²) in [6, 6.07) is 3.61. The van der Waals surface area contributed by atoms with E-state index in [1.165, 1.54) is 12.1 Å². The van der Waals surface area contributed by atoms with Gasteiger partial charge in [-0.25, -0.2) is 17.5 Å². The Labute approximate surface area is 114 Å². The molecule has 0 bridgehead atoms. The van der Waals surface area contributed by atoms with Crippen LogP contribution in [0.5, 0.6) is 0 Å². The maximum Gasteiger partial charge on any atom is 0.245 e. The molecule has 1 rings (SSSR count). The molecule has 0 heterocycles. The van der Waals surface area contributed by atoms with Crippen molar-refractivity contribution in [3.05, 3.63) is 24.0 Å². The molecular weight excluding hydrogens is 267 g/mol. The third-order valence-corrected chi connectivity index (χ3v) is 4.54. The molecule has 0 fully saturated rings. The zero-order valence-electron chi connectivity index (χ0n) is 11.3. The van der Waals surface area contributed by atoms with Crippen LogP contribution in [0.15, 0.2) is 23.1 Å². The lowest BCUT2D eigenvalue weighted by Crippen LogP contribution is -2.33. The van der Waals surface area contributed by atoms with Gasteiger partial charge in [-0.1, -0.05) is 32.3 Å². The summed E-state index contributed by atoms with van der Waals surface area (Å²) in [5.74, 6) is -0.826. The number of unbranched alkanes of at least 4 members (excludes halogenated alkanes) is 2. The van der Waals surface area contributed by atoms with E-state index in [0.29, 0.717) is 0 Å². The molecule has 0 amide bonds. The van der Waals surface area contributed by atoms with Crippen molar-refractivity contribution in [2.24, 2.45) is 0 Å². The van der Waals surface area contributed by atoms with Crippen LogP contribution in [0, 0.1) is 5.82 Å². The molecule has 0 aliphatic heterocycles. The molecule has 19 heavy (non-hydrogen) atoms. The van der Waals surface area contributed by atoms with Gasteiger partial charge in [0.1, 0.15) is 10.7 Å². The van der Waals surface area contributed by atoms with Crippen LogP contribution in [0.25, 0.3) is 0 Å². The van der Waals surface area contributed by atoms with E-state index < -0.39 is 20.7 Å². The first kappa shape index (κ1) is 15.9. The Balaban J connectivity index is 2.81. The molecule has 0 saturated heterocycles. The Morgan fingerprint density at radius 2 is 2.05 bits per heavy atom. The molecule has 0 aliphatic carbocycles. The minimum Gasteiger partial charge on any atom is -0.398 e. The zero-order valence-corrected chi connectivity index (χ0v) is 12.1. The lowest BCUT2D eigenvalue weighted by Gasteiger charge is -2.15. The van der Waals surface area contributed by atoms with E-state index in [1.54, 1.807) is 6.92 Å². The molecule has 0 radical (unpaired) electrons. The fraction of sp³-hybridized carbons (Fsp3) is 0.538. The van der Waals surface area contributed by atoms with Crippen LogP contribution in [-0.4, -0.2) is 14.5 Å². The number of nitrogens with two attached hydrogens (primary N) is 1. The molecule has 0 aromatic heterocycles. The Hall–Kier alpha value is -1.14. The van der Waals surface area contributed by atoms with Crippen LogP contribution in [0.2, 0.25) is 0 Å². The highest BCUT2D eigenvalue weighted by atomic mass is 32.2. The number of nitrogen functional groups attached to an aromatic ring is 1. The van der Waals surface area contributed by atoms with Crippen molar-refractivity contribution in [3.63, 3.8) is 0 Å². The molecule has 0 aliphatic rings. The summed E-state index contributed by atoms with van der Waals surface area (Å²) in [6.45, 7) is 3.85. The van der Waals surface area contributed by atoms with Crippen molar-refractivity contribution < 1.29 is 12.8 Å². The second kappa shape index (κ2) is 6.86. The van der Waals surface area contributed by atoms with Crippen molar-refractivity contribution in [3.8, 4) is 0 Å². The minimum absolute atomic E-state index is 0.0757. The number of anilines is 1. The van der Waals surface area contributed by atoms with Gasteiger partial charge < -0.3 is 5.73 Å². The van der Waals surface area contributed by atoms with Gasteiger partial charge in [-0.3, -0.25) is 0 Å². The summed E-state index contributed by atoms with van der Waals surface area (Å²) in [5.41, 5.74) is 5.47. The quantitative estimate of drug-likeness (QED) is 0.598. The molecule has 3 N–H and O–H groups in total. The molecule has 1 atom stereocenters. The topological polar surface area (TPSA) is 72.2 Å². The summed E-state index contributed by atoms with van der Waals surface area (Å²) in [6.07, 6.45) is 3.78. The molecule has 1 aromatic rings. The summed E-state index contributed by atoms with van der Waals surface area (Å²) in [7, 11) is -3.91. The van der Waals surface area contributed by atoms with Gasteiger partial charge in [-0.15, -0.1) is 0 Å². The monoisotopic (exact) mass is 288 g/mol. The Morgan fingerprint density at radius 3 is 2.63 bits per heavy atom. The van der Waals surface area contributed by atoms with Crippen LogP contribution in [0.4, 0.5) is 10.1 Å². The van der Waals surface area contributed by atoms with Gasteiger partial charge in [0, 0.05) is 6.04 Å². The normalized spacial score (nSPS) is 13.4. The smallest absolute Gasteiger partial charge is 0.245 e. The van der Waals surface area contributed by atoms with E-state index >= 15 is 0 Å². The van der Waals surface area contributed by atoms with Crippen LogP contribution < -0.4 is 10.5 Å².